The van der Waals surface area contributed by atoms with E-state index in [4.69, 9.17) is 11.3 Å². The maximum Gasteiger partial charge on any atom is 0.128 e. The molecule has 0 amide bonds. The summed E-state index contributed by atoms with van der Waals surface area (Å²) in [7, 11) is 0. The molecule has 2 unspecified atom stereocenters. The molecule has 1 fully saturated rings. The summed E-state index contributed by atoms with van der Waals surface area (Å²) in [6.07, 6.45) is 11.5. The second-order valence-electron chi connectivity index (χ2n) is 3.92. The average molecular weight is 181 g/mol. The van der Waals surface area contributed by atoms with Gasteiger partial charge in [0.2, 0.25) is 0 Å². The zero-order valence-electron chi connectivity index (χ0n) is 8.38. The van der Waals surface area contributed by atoms with E-state index < -0.39 is 0 Å². The van der Waals surface area contributed by atoms with Crippen molar-refractivity contribution in [2.75, 3.05) is 6.61 Å². The van der Waals surface area contributed by atoms with Gasteiger partial charge in [0.15, 0.2) is 0 Å². The summed E-state index contributed by atoms with van der Waals surface area (Å²) in [6, 6.07) is 0.512. The van der Waals surface area contributed by atoms with E-state index in [9.17, 15) is 0 Å². The summed E-state index contributed by atoms with van der Waals surface area (Å²) in [5, 5.41) is 0. The molecule has 0 bridgehead atoms. The van der Waals surface area contributed by atoms with Crippen LogP contribution in [0.1, 0.15) is 39.0 Å². The van der Waals surface area contributed by atoms with Gasteiger partial charge in [-0.15, -0.1) is 6.42 Å². The summed E-state index contributed by atoms with van der Waals surface area (Å²) in [5.41, 5.74) is 3.04. The van der Waals surface area contributed by atoms with E-state index in [-0.39, 0.29) is 0 Å². The molecule has 74 valence electrons. The largest absolute Gasteiger partial charge is 0.289 e. The molecule has 0 aliphatic heterocycles. The Morgan fingerprint density at radius 3 is 3.00 bits per heavy atom. The van der Waals surface area contributed by atoms with Crippen LogP contribution in [0.5, 0.6) is 0 Å². The molecule has 2 heteroatoms. The molecule has 0 saturated heterocycles. The molecule has 0 aromatic heterocycles. The molecule has 1 aliphatic rings. The topological polar surface area (TPSA) is 21.3 Å². The molecule has 0 aromatic carbocycles. The van der Waals surface area contributed by atoms with Crippen molar-refractivity contribution in [1.29, 1.82) is 0 Å². The van der Waals surface area contributed by atoms with Crippen molar-refractivity contribution in [1.82, 2.24) is 5.48 Å². The number of terminal acetylenes is 1. The molecule has 2 nitrogen and oxygen atoms in total. The summed E-state index contributed by atoms with van der Waals surface area (Å²) >= 11 is 0. The van der Waals surface area contributed by atoms with E-state index >= 15 is 0 Å². The van der Waals surface area contributed by atoms with Crippen LogP contribution in [-0.2, 0) is 4.84 Å². The van der Waals surface area contributed by atoms with Gasteiger partial charge in [-0.25, -0.2) is 0 Å². The summed E-state index contributed by atoms with van der Waals surface area (Å²) in [4.78, 5) is 5.13. The molecule has 13 heavy (non-hydrogen) atoms. The Hall–Kier alpha value is -0.520. The van der Waals surface area contributed by atoms with Crippen LogP contribution in [0, 0.1) is 18.3 Å². The molecule has 1 rings (SSSR count). The lowest BCUT2D eigenvalue weighted by molar-refractivity contribution is 0.0338. The van der Waals surface area contributed by atoms with Crippen molar-refractivity contribution < 1.29 is 4.84 Å². The van der Waals surface area contributed by atoms with Crippen LogP contribution < -0.4 is 5.48 Å². The van der Waals surface area contributed by atoms with Crippen LogP contribution >= 0.6 is 0 Å². The summed E-state index contributed by atoms with van der Waals surface area (Å²) in [6.45, 7) is 2.69. The van der Waals surface area contributed by atoms with E-state index in [0.29, 0.717) is 12.6 Å². The van der Waals surface area contributed by atoms with Gasteiger partial charge >= 0.3 is 0 Å². The molecule has 1 N–H and O–H groups in total. The predicted molar refractivity (Wildman–Crippen MR) is 54.0 cm³/mol. The summed E-state index contributed by atoms with van der Waals surface area (Å²) < 4.78 is 0. The van der Waals surface area contributed by atoms with Crippen molar-refractivity contribution in [2.24, 2.45) is 5.92 Å². The van der Waals surface area contributed by atoms with E-state index in [2.05, 4.69) is 18.3 Å². The highest BCUT2D eigenvalue weighted by Gasteiger charge is 2.15. The van der Waals surface area contributed by atoms with Crippen molar-refractivity contribution in [3.05, 3.63) is 0 Å². The van der Waals surface area contributed by atoms with Gasteiger partial charge in [-0.3, -0.25) is 4.84 Å². The summed E-state index contributed by atoms with van der Waals surface area (Å²) in [5.74, 6) is 3.32. The van der Waals surface area contributed by atoms with Gasteiger partial charge in [0, 0.05) is 6.04 Å². The van der Waals surface area contributed by atoms with Crippen LogP contribution in [0.25, 0.3) is 0 Å². The first-order valence-corrected chi connectivity index (χ1v) is 5.13. The minimum atomic E-state index is 0.367. The lowest BCUT2D eigenvalue weighted by Crippen LogP contribution is -2.28. The fraction of sp³-hybridized carbons (Fsp3) is 0.818. The highest BCUT2D eigenvalue weighted by molar-refractivity contribution is 4.82. The smallest absolute Gasteiger partial charge is 0.128 e. The third kappa shape index (κ3) is 4.31. The first-order chi connectivity index (χ1) is 6.33. The first-order valence-electron chi connectivity index (χ1n) is 5.13. The Kier molecular flexibility index (Phi) is 4.88. The van der Waals surface area contributed by atoms with E-state index in [1.54, 1.807) is 0 Å². The minimum Gasteiger partial charge on any atom is -0.289 e. The highest BCUT2D eigenvalue weighted by atomic mass is 16.6. The second-order valence-corrected chi connectivity index (χ2v) is 3.92. The SMILES string of the molecule is C#CCONC1CCCC(C)CC1. The third-order valence-corrected chi connectivity index (χ3v) is 2.66. The molecule has 2 atom stereocenters. The molecule has 1 saturated carbocycles. The standard InChI is InChI=1S/C11H19NO/c1-3-9-13-12-11-6-4-5-10(2)7-8-11/h1,10-12H,4-9H2,2H3. The Morgan fingerprint density at radius 2 is 2.23 bits per heavy atom. The maximum atomic E-state index is 5.13. The van der Waals surface area contributed by atoms with Crippen LogP contribution in [-0.4, -0.2) is 12.6 Å². The monoisotopic (exact) mass is 181 g/mol. The van der Waals surface area contributed by atoms with Crippen LogP contribution in [0.4, 0.5) is 0 Å². The fourth-order valence-electron chi connectivity index (χ4n) is 1.81. The minimum absolute atomic E-state index is 0.367. The van der Waals surface area contributed by atoms with Gasteiger partial charge in [0.25, 0.3) is 0 Å². The predicted octanol–water partition coefficient (Wildman–Crippen LogP) is 2.11. The van der Waals surface area contributed by atoms with E-state index in [0.717, 1.165) is 5.92 Å². The number of rotatable bonds is 3. The van der Waals surface area contributed by atoms with Gasteiger partial charge in [0.1, 0.15) is 6.61 Å². The maximum absolute atomic E-state index is 5.13. The normalized spacial score (nSPS) is 29.2. The van der Waals surface area contributed by atoms with Crippen molar-refractivity contribution >= 4 is 0 Å². The fourth-order valence-corrected chi connectivity index (χ4v) is 1.81. The molecule has 1 aliphatic carbocycles. The lowest BCUT2D eigenvalue weighted by Gasteiger charge is -2.14. The zero-order chi connectivity index (χ0) is 9.52. The molecular weight excluding hydrogens is 162 g/mol. The van der Waals surface area contributed by atoms with Crippen LogP contribution in [0.2, 0.25) is 0 Å². The average Bonchev–Trinajstić information content (AvgIpc) is 2.32. The van der Waals surface area contributed by atoms with Crippen LogP contribution in [0.3, 0.4) is 0 Å². The number of nitrogens with one attached hydrogen (secondary N) is 1. The van der Waals surface area contributed by atoms with Gasteiger partial charge in [-0.1, -0.05) is 25.7 Å². The van der Waals surface area contributed by atoms with Gasteiger partial charge in [-0.05, 0) is 25.2 Å². The van der Waals surface area contributed by atoms with Gasteiger partial charge in [0.05, 0.1) is 0 Å². The Morgan fingerprint density at radius 1 is 1.38 bits per heavy atom. The second kappa shape index (κ2) is 6.01. The zero-order valence-corrected chi connectivity index (χ0v) is 8.38. The lowest BCUT2D eigenvalue weighted by atomic mass is 10.0. The Balaban J connectivity index is 2.15. The van der Waals surface area contributed by atoms with Crippen molar-refractivity contribution in [3.63, 3.8) is 0 Å². The Bertz CT molecular complexity index is 173. The van der Waals surface area contributed by atoms with Crippen molar-refractivity contribution in [3.8, 4) is 12.3 Å². The molecule has 0 spiro atoms. The van der Waals surface area contributed by atoms with Crippen molar-refractivity contribution in [2.45, 2.75) is 45.1 Å². The molecular formula is C11H19NO. The van der Waals surface area contributed by atoms with Gasteiger partial charge < -0.3 is 0 Å². The highest BCUT2D eigenvalue weighted by Crippen LogP contribution is 2.22. The molecule has 0 radical (unpaired) electrons. The molecule has 0 aromatic rings. The number of hydrogen-bond donors (Lipinski definition) is 1. The first kappa shape index (κ1) is 10.6. The quantitative estimate of drug-likeness (QED) is 0.311. The van der Waals surface area contributed by atoms with Gasteiger partial charge in [-0.2, -0.15) is 5.48 Å². The van der Waals surface area contributed by atoms with E-state index in [1.165, 1.54) is 32.1 Å². The molecule has 0 heterocycles. The van der Waals surface area contributed by atoms with E-state index in [1.807, 2.05) is 0 Å². The number of hydrogen-bond acceptors (Lipinski definition) is 2. The van der Waals surface area contributed by atoms with Crippen LogP contribution in [0.15, 0.2) is 0 Å². The Labute approximate surface area is 81.0 Å². The number of hydroxylamine groups is 1. The third-order valence-electron chi connectivity index (χ3n) is 2.66.